The number of aliphatic carboxylic acids is 1. The Bertz CT molecular complexity index is 532. The van der Waals surface area contributed by atoms with E-state index in [4.69, 9.17) is 5.11 Å². The Labute approximate surface area is 119 Å². The monoisotopic (exact) mass is 304 g/mol. The second-order valence-corrected chi connectivity index (χ2v) is 4.56. The maximum Gasteiger partial charge on any atom is 0.418 e. The van der Waals surface area contributed by atoms with E-state index in [-0.39, 0.29) is 0 Å². The van der Waals surface area contributed by atoms with Gasteiger partial charge in [0.05, 0.1) is 17.2 Å². The normalized spacial score (nSPS) is 14.1. The predicted octanol–water partition coefficient (Wildman–Crippen LogP) is 2.94. The molecule has 0 spiro atoms. The van der Waals surface area contributed by atoms with Crippen LogP contribution in [-0.4, -0.2) is 23.1 Å². The molecule has 5 nitrogen and oxygen atoms in total. The molecule has 1 rings (SSSR count). The topological polar surface area (TPSA) is 78.4 Å². The molecule has 0 bridgehead atoms. The molecular weight excluding hydrogens is 289 g/mol. The third kappa shape index (κ3) is 4.66. The minimum atomic E-state index is -4.59. The molecule has 0 fully saturated rings. The van der Waals surface area contributed by atoms with Crippen molar-refractivity contribution < 1.29 is 27.9 Å². The molecule has 0 radical (unpaired) electrons. The van der Waals surface area contributed by atoms with E-state index >= 15 is 0 Å². The average Bonchev–Trinajstić information content (AvgIpc) is 2.36. The molecule has 0 saturated carbocycles. The molecule has 1 aromatic rings. The first-order valence-corrected chi connectivity index (χ1v) is 6.09. The summed E-state index contributed by atoms with van der Waals surface area (Å²) in [7, 11) is 0. The molecule has 2 amide bonds. The maximum atomic E-state index is 12.7. The number of carbonyl (C=O) groups is 2. The van der Waals surface area contributed by atoms with Gasteiger partial charge in [0.2, 0.25) is 0 Å². The van der Waals surface area contributed by atoms with Gasteiger partial charge in [-0.25, -0.2) is 4.79 Å². The minimum Gasteiger partial charge on any atom is -0.481 e. The Balaban J connectivity index is 2.79. The molecule has 116 valence electrons. The van der Waals surface area contributed by atoms with Crippen LogP contribution in [0.1, 0.15) is 19.4 Å². The van der Waals surface area contributed by atoms with E-state index in [1.807, 2.05) is 0 Å². The number of rotatable bonds is 4. The summed E-state index contributed by atoms with van der Waals surface area (Å²) in [5.41, 5.74) is -1.36. The molecule has 8 heteroatoms. The van der Waals surface area contributed by atoms with E-state index < -0.39 is 41.4 Å². The number of carboxylic acid groups (broad SMARTS) is 1. The number of hydrogen-bond donors (Lipinski definition) is 3. The molecule has 2 atom stereocenters. The second-order valence-electron chi connectivity index (χ2n) is 4.56. The Morgan fingerprint density at radius 2 is 1.76 bits per heavy atom. The highest BCUT2D eigenvalue weighted by molar-refractivity contribution is 5.90. The van der Waals surface area contributed by atoms with Crippen LogP contribution in [0.3, 0.4) is 0 Å². The zero-order valence-corrected chi connectivity index (χ0v) is 11.4. The van der Waals surface area contributed by atoms with E-state index in [9.17, 15) is 22.8 Å². The molecule has 0 aromatic heterocycles. The number of nitrogens with one attached hydrogen (secondary N) is 2. The lowest BCUT2D eigenvalue weighted by atomic mass is 10.0. The number of carboxylic acids is 1. The van der Waals surface area contributed by atoms with Crippen molar-refractivity contribution in [3.05, 3.63) is 29.8 Å². The van der Waals surface area contributed by atoms with Crippen LogP contribution in [0.5, 0.6) is 0 Å². The number of urea groups is 1. The lowest BCUT2D eigenvalue weighted by Crippen LogP contribution is -2.42. The van der Waals surface area contributed by atoms with E-state index in [2.05, 4.69) is 10.6 Å². The molecule has 21 heavy (non-hydrogen) atoms. The van der Waals surface area contributed by atoms with Crippen molar-refractivity contribution in [1.29, 1.82) is 0 Å². The zero-order chi connectivity index (χ0) is 16.2. The number of alkyl halides is 3. The third-order valence-electron chi connectivity index (χ3n) is 2.98. The van der Waals surface area contributed by atoms with Crippen LogP contribution >= 0.6 is 0 Å². The quantitative estimate of drug-likeness (QED) is 0.800. The van der Waals surface area contributed by atoms with Crippen molar-refractivity contribution in [3.63, 3.8) is 0 Å². The van der Waals surface area contributed by atoms with Crippen LogP contribution in [0.15, 0.2) is 24.3 Å². The molecular formula is C13H15F3N2O3. The molecule has 1 aromatic carbocycles. The summed E-state index contributed by atoms with van der Waals surface area (Å²) in [5.74, 6) is -1.98. The maximum absolute atomic E-state index is 12.7. The summed E-state index contributed by atoms with van der Waals surface area (Å²) in [6.07, 6.45) is -4.59. The number of benzene rings is 1. The van der Waals surface area contributed by atoms with Gasteiger partial charge in [0.1, 0.15) is 0 Å². The Morgan fingerprint density at radius 1 is 1.19 bits per heavy atom. The fourth-order valence-corrected chi connectivity index (χ4v) is 1.54. The number of para-hydroxylation sites is 1. The van der Waals surface area contributed by atoms with Crippen molar-refractivity contribution in [2.45, 2.75) is 26.1 Å². The van der Waals surface area contributed by atoms with Crippen molar-refractivity contribution in [1.82, 2.24) is 5.32 Å². The Hall–Kier alpha value is -2.25. The van der Waals surface area contributed by atoms with Crippen molar-refractivity contribution >= 4 is 17.7 Å². The highest BCUT2D eigenvalue weighted by Gasteiger charge is 2.33. The first-order valence-electron chi connectivity index (χ1n) is 6.09. The van der Waals surface area contributed by atoms with Crippen LogP contribution in [0.2, 0.25) is 0 Å². The van der Waals surface area contributed by atoms with E-state index in [1.54, 1.807) is 0 Å². The number of amides is 2. The van der Waals surface area contributed by atoms with Gasteiger partial charge in [-0.05, 0) is 26.0 Å². The second kappa shape index (κ2) is 6.47. The van der Waals surface area contributed by atoms with E-state index in [0.717, 1.165) is 12.1 Å². The van der Waals surface area contributed by atoms with Gasteiger partial charge in [-0.2, -0.15) is 13.2 Å². The first kappa shape index (κ1) is 16.8. The molecule has 0 aliphatic carbocycles. The van der Waals surface area contributed by atoms with Crippen LogP contribution < -0.4 is 10.6 Å². The molecule has 2 unspecified atom stereocenters. The standard InChI is InChI=1S/C13H15F3N2O3/c1-7(11(19)20)8(2)17-12(21)18-10-6-4-3-5-9(10)13(14,15)16/h3-8H,1-2H3,(H,19,20)(H2,17,18,21). The van der Waals surface area contributed by atoms with Gasteiger partial charge >= 0.3 is 18.2 Å². The minimum absolute atomic E-state index is 0.391. The summed E-state index contributed by atoms with van der Waals surface area (Å²) in [4.78, 5) is 22.4. The van der Waals surface area contributed by atoms with Gasteiger partial charge in [-0.3, -0.25) is 4.79 Å². The molecule has 0 saturated heterocycles. The van der Waals surface area contributed by atoms with Crippen LogP contribution in [0.25, 0.3) is 0 Å². The number of halogens is 3. The van der Waals surface area contributed by atoms with Crippen molar-refractivity contribution in [2.75, 3.05) is 5.32 Å². The fraction of sp³-hybridized carbons (Fsp3) is 0.385. The average molecular weight is 304 g/mol. The number of anilines is 1. The first-order chi connectivity index (χ1) is 9.62. The largest absolute Gasteiger partial charge is 0.481 e. The van der Waals surface area contributed by atoms with E-state index in [1.165, 1.54) is 26.0 Å². The molecule has 3 N–H and O–H groups in total. The van der Waals surface area contributed by atoms with Gasteiger partial charge in [0.15, 0.2) is 0 Å². The van der Waals surface area contributed by atoms with Gasteiger partial charge in [-0.15, -0.1) is 0 Å². The molecule has 0 aliphatic heterocycles. The lowest BCUT2D eigenvalue weighted by Gasteiger charge is -2.19. The van der Waals surface area contributed by atoms with E-state index in [0.29, 0.717) is 0 Å². The summed E-state index contributed by atoms with van der Waals surface area (Å²) in [5, 5.41) is 13.2. The summed E-state index contributed by atoms with van der Waals surface area (Å²) < 4.78 is 38.2. The van der Waals surface area contributed by atoms with Crippen molar-refractivity contribution in [3.8, 4) is 0 Å². The van der Waals surface area contributed by atoms with Crippen LogP contribution in [0.4, 0.5) is 23.7 Å². The molecule has 0 heterocycles. The Morgan fingerprint density at radius 3 is 2.29 bits per heavy atom. The highest BCUT2D eigenvalue weighted by atomic mass is 19.4. The predicted molar refractivity (Wildman–Crippen MR) is 69.9 cm³/mol. The Kier molecular flexibility index (Phi) is 5.17. The molecule has 0 aliphatic rings. The van der Waals surface area contributed by atoms with Gasteiger partial charge in [-0.1, -0.05) is 12.1 Å². The summed E-state index contributed by atoms with van der Waals surface area (Å²) in [6.45, 7) is 2.84. The smallest absolute Gasteiger partial charge is 0.418 e. The van der Waals surface area contributed by atoms with Gasteiger partial charge < -0.3 is 15.7 Å². The highest BCUT2D eigenvalue weighted by Crippen LogP contribution is 2.34. The number of hydrogen-bond acceptors (Lipinski definition) is 2. The summed E-state index contributed by atoms with van der Waals surface area (Å²) in [6, 6.07) is 2.90. The van der Waals surface area contributed by atoms with Gasteiger partial charge in [0, 0.05) is 6.04 Å². The van der Waals surface area contributed by atoms with Crippen molar-refractivity contribution in [2.24, 2.45) is 5.92 Å². The fourth-order valence-electron chi connectivity index (χ4n) is 1.54. The number of carbonyl (C=O) groups excluding carboxylic acids is 1. The zero-order valence-electron chi connectivity index (χ0n) is 11.4. The lowest BCUT2D eigenvalue weighted by molar-refractivity contribution is -0.141. The van der Waals surface area contributed by atoms with Crippen LogP contribution in [0, 0.1) is 5.92 Å². The SMILES string of the molecule is CC(NC(=O)Nc1ccccc1C(F)(F)F)C(C)C(=O)O. The third-order valence-corrected chi connectivity index (χ3v) is 2.98. The van der Waals surface area contributed by atoms with Gasteiger partial charge in [0.25, 0.3) is 0 Å². The van der Waals surface area contributed by atoms with Crippen LogP contribution in [-0.2, 0) is 11.0 Å². The summed E-state index contributed by atoms with van der Waals surface area (Å²) >= 11 is 0.